The molecule has 1 aromatic rings. The molecule has 2 heterocycles. The molecule has 1 amide bonds. The van der Waals surface area contributed by atoms with Gasteiger partial charge in [0.25, 0.3) is 5.91 Å². The van der Waals surface area contributed by atoms with Gasteiger partial charge in [-0.1, -0.05) is 11.6 Å². The van der Waals surface area contributed by atoms with Crippen LogP contribution in [-0.2, 0) is 0 Å². The van der Waals surface area contributed by atoms with Gasteiger partial charge >= 0.3 is 0 Å². The summed E-state index contributed by atoms with van der Waals surface area (Å²) in [6.07, 6.45) is 3.74. The van der Waals surface area contributed by atoms with E-state index in [9.17, 15) is 4.79 Å². The van der Waals surface area contributed by atoms with E-state index in [2.05, 4.69) is 32.9 Å². The second-order valence-corrected chi connectivity index (χ2v) is 6.24. The van der Waals surface area contributed by atoms with Crippen LogP contribution in [0.3, 0.4) is 0 Å². The summed E-state index contributed by atoms with van der Waals surface area (Å²) in [5.74, 6) is -0.0703. The fourth-order valence-electron chi connectivity index (χ4n) is 2.38. The maximum Gasteiger partial charge on any atom is 0.257 e. The molecule has 1 aromatic heterocycles. The molecule has 104 valence electrons. The largest absolute Gasteiger partial charge is 0.337 e. The lowest BCUT2D eigenvalue weighted by Crippen LogP contribution is -2.47. The van der Waals surface area contributed by atoms with Gasteiger partial charge in [-0.2, -0.15) is 0 Å². The van der Waals surface area contributed by atoms with Crippen LogP contribution in [0, 0.1) is 0 Å². The Morgan fingerprint density at radius 1 is 1.63 bits per heavy atom. The molecule has 0 spiro atoms. The number of likely N-dealkylation sites (tertiary alicyclic amines) is 1. The zero-order valence-corrected chi connectivity index (χ0v) is 13.4. The monoisotopic (exact) mass is 345 g/mol. The van der Waals surface area contributed by atoms with Gasteiger partial charge in [-0.25, -0.2) is 4.98 Å². The van der Waals surface area contributed by atoms with Gasteiger partial charge in [0.15, 0.2) is 0 Å². The molecule has 1 aliphatic heterocycles. The lowest BCUT2D eigenvalue weighted by atomic mass is 10.0. The van der Waals surface area contributed by atoms with Crippen molar-refractivity contribution in [3.8, 4) is 0 Å². The Labute approximate surface area is 126 Å². The van der Waals surface area contributed by atoms with Gasteiger partial charge in [0.05, 0.1) is 5.56 Å². The van der Waals surface area contributed by atoms with E-state index in [4.69, 9.17) is 11.6 Å². The molecular formula is C13H17BrClN3O. The molecule has 4 nitrogen and oxygen atoms in total. The minimum Gasteiger partial charge on any atom is -0.337 e. The van der Waals surface area contributed by atoms with E-state index in [0.29, 0.717) is 5.56 Å². The summed E-state index contributed by atoms with van der Waals surface area (Å²) in [4.78, 5) is 20.5. The van der Waals surface area contributed by atoms with Crippen molar-refractivity contribution in [1.82, 2.24) is 14.8 Å². The zero-order chi connectivity index (χ0) is 14.0. The Hall–Kier alpha value is -0.650. The molecule has 2 rings (SSSR count). The van der Waals surface area contributed by atoms with Crippen LogP contribution >= 0.6 is 27.5 Å². The Balaban J connectivity index is 2.16. The average molecular weight is 347 g/mol. The summed E-state index contributed by atoms with van der Waals surface area (Å²) in [5, 5.41) is 0.254. The van der Waals surface area contributed by atoms with Crippen LogP contribution in [0.1, 0.15) is 23.2 Å². The number of nitrogens with zero attached hydrogens (tertiary/aromatic N) is 3. The van der Waals surface area contributed by atoms with Crippen molar-refractivity contribution in [1.29, 1.82) is 0 Å². The molecule has 0 saturated carbocycles. The molecular weight excluding hydrogens is 330 g/mol. The highest BCUT2D eigenvalue weighted by Crippen LogP contribution is 2.22. The van der Waals surface area contributed by atoms with Crippen LogP contribution in [0.15, 0.2) is 16.7 Å². The molecule has 19 heavy (non-hydrogen) atoms. The molecule has 6 heteroatoms. The van der Waals surface area contributed by atoms with E-state index in [1.807, 2.05) is 7.05 Å². The molecule has 0 aliphatic carbocycles. The first-order chi connectivity index (χ1) is 8.99. The number of carbonyl (C=O) groups is 1. The maximum atomic E-state index is 12.5. The highest BCUT2D eigenvalue weighted by Gasteiger charge is 2.26. The summed E-state index contributed by atoms with van der Waals surface area (Å²) in [6.45, 7) is 2.00. The molecule has 1 saturated heterocycles. The fourth-order valence-corrected chi connectivity index (χ4v) is 2.90. The average Bonchev–Trinajstić information content (AvgIpc) is 2.40. The second kappa shape index (κ2) is 6.20. The van der Waals surface area contributed by atoms with Crippen molar-refractivity contribution in [3.05, 3.63) is 27.5 Å². The van der Waals surface area contributed by atoms with Gasteiger partial charge in [0, 0.05) is 30.3 Å². The van der Waals surface area contributed by atoms with Gasteiger partial charge in [0.2, 0.25) is 0 Å². The molecule has 1 unspecified atom stereocenters. The first kappa shape index (κ1) is 14.8. The van der Waals surface area contributed by atoms with E-state index in [-0.39, 0.29) is 17.1 Å². The van der Waals surface area contributed by atoms with Crippen molar-refractivity contribution < 1.29 is 4.79 Å². The summed E-state index contributed by atoms with van der Waals surface area (Å²) in [7, 11) is 3.92. The topological polar surface area (TPSA) is 36.4 Å². The van der Waals surface area contributed by atoms with Gasteiger partial charge in [-0.3, -0.25) is 4.79 Å². The Kier molecular flexibility index (Phi) is 4.81. The third kappa shape index (κ3) is 3.46. The predicted octanol–water partition coefficient (Wildman–Crippen LogP) is 2.66. The van der Waals surface area contributed by atoms with E-state index in [0.717, 1.165) is 30.4 Å². The maximum absolute atomic E-state index is 12.5. The van der Waals surface area contributed by atoms with E-state index in [1.165, 1.54) is 0 Å². The van der Waals surface area contributed by atoms with Gasteiger partial charge < -0.3 is 9.80 Å². The third-order valence-corrected chi connectivity index (χ3v) is 4.24. The molecule has 1 atom stereocenters. The van der Waals surface area contributed by atoms with Gasteiger partial charge in [0.1, 0.15) is 5.15 Å². The SMILES string of the molecule is CN1CCCC(N(C)C(=O)c2cc(Br)cnc2Cl)C1. The smallest absolute Gasteiger partial charge is 0.257 e. The van der Waals surface area contributed by atoms with E-state index >= 15 is 0 Å². The van der Waals surface area contributed by atoms with Gasteiger partial charge in [-0.15, -0.1) is 0 Å². The van der Waals surface area contributed by atoms with E-state index in [1.54, 1.807) is 17.2 Å². The molecule has 1 fully saturated rings. The van der Waals surface area contributed by atoms with Crippen LogP contribution in [-0.4, -0.2) is 53.9 Å². The number of aromatic nitrogens is 1. The number of rotatable bonds is 2. The highest BCUT2D eigenvalue weighted by atomic mass is 79.9. The van der Waals surface area contributed by atoms with Crippen LogP contribution < -0.4 is 0 Å². The third-order valence-electron chi connectivity index (χ3n) is 3.50. The summed E-state index contributed by atoms with van der Waals surface area (Å²) >= 11 is 9.33. The molecule has 0 bridgehead atoms. The van der Waals surface area contributed by atoms with Crippen molar-refractivity contribution in [2.24, 2.45) is 0 Å². The Bertz CT molecular complexity index is 483. The van der Waals surface area contributed by atoms with E-state index < -0.39 is 0 Å². The normalized spacial score (nSPS) is 20.3. The van der Waals surface area contributed by atoms with Crippen LogP contribution in [0.2, 0.25) is 5.15 Å². The van der Waals surface area contributed by atoms with Crippen molar-refractivity contribution in [3.63, 3.8) is 0 Å². The summed E-state index contributed by atoms with van der Waals surface area (Å²) in [6, 6.07) is 1.96. The minimum atomic E-state index is -0.0703. The number of carbonyl (C=O) groups excluding carboxylic acids is 1. The van der Waals surface area contributed by atoms with Crippen LogP contribution in [0.4, 0.5) is 0 Å². The standard InChI is InChI=1S/C13H17BrClN3O/c1-17-5-3-4-10(8-17)18(2)13(19)11-6-9(14)7-16-12(11)15/h6-7,10H,3-5,8H2,1-2H3. The van der Waals surface area contributed by atoms with Crippen molar-refractivity contribution in [2.75, 3.05) is 27.2 Å². The van der Waals surface area contributed by atoms with Crippen molar-refractivity contribution >= 4 is 33.4 Å². The number of likely N-dealkylation sites (N-methyl/N-ethyl adjacent to an activating group) is 2. The lowest BCUT2D eigenvalue weighted by molar-refractivity contribution is 0.0643. The predicted molar refractivity (Wildman–Crippen MR) is 79.6 cm³/mol. The first-order valence-corrected chi connectivity index (χ1v) is 7.43. The highest BCUT2D eigenvalue weighted by molar-refractivity contribution is 9.10. The summed E-state index contributed by atoms with van der Waals surface area (Å²) in [5.41, 5.74) is 0.451. The van der Waals surface area contributed by atoms with Gasteiger partial charge in [-0.05, 0) is 48.4 Å². The number of hydrogen-bond acceptors (Lipinski definition) is 3. The van der Waals surface area contributed by atoms with Crippen LogP contribution in [0.25, 0.3) is 0 Å². The second-order valence-electron chi connectivity index (χ2n) is 4.97. The fraction of sp³-hybridized carbons (Fsp3) is 0.538. The number of halogens is 2. The van der Waals surface area contributed by atoms with Crippen LogP contribution in [0.5, 0.6) is 0 Å². The molecule has 0 N–H and O–H groups in total. The number of piperidine rings is 1. The number of pyridine rings is 1. The molecule has 1 aliphatic rings. The summed E-state index contributed by atoms with van der Waals surface area (Å²) < 4.78 is 0.759. The molecule has 0 radical (unpaired) electrons. The van der Waals surface area contributed by atoms with Crippen molar-refractivity contribution in [2.45, 2.75) is 18.9 Å². The number of amides is 1. The minimum absolute atomic E-state index is 0.0703. The Morgan fingerprint density at radius 2 is 2.37 bits per heavy atom. The lowest BCUT2D eigenvalue weighted by Gasteiger charge is -2.35. The quantitative estimate of drug-likeness (QED) is 0.773. The zero-order valence-electron chi connectivity index (χ0n) is 11.1. The Morgan fingerprint density at radius 3 is 3.05 bits per heavy atom. The molecule has 0 aromatic carbocycles. The number of hydrogen-bond donors (Lipinski definition) is 0. The first-order valence-electron chi connectivity index (χ1n) is 6.26.